The van der Waals surface area contributed by atoms with Crippen molar-refractivity contribution in [1.82, 2.24) is 10.2 Å². The van der Waals surface area contributed by atoms with E-state index in [-0.39, 0.29) is 5.91 Å². The number of nitrogens with one attached hydrogen (secondary N) is 1. The molecule has 68 valence electrons. The average molecular weight is 250 g/mol. The highest BCUT2D eigenvalue weighted by atomic mass is 79.9. The van der Waals surface area contributed by atoms with Crippen LogP contribution in [0.15, 0.2) is 22.8 Å². The van der Waals surface area contributed by atoms with Crippen molar-refractivity contribution in [3.8, 4) is 0 Å². The van der Waals surface area contributed by atoms with Crippen molar-refractivity contribution in [3.05, 3.63) is 28.5 Å². The van der Waals surface area contributed by atoms with E-state index in [0.29, 0.717) is 10.3 Å². The first-order valence-electron chi connectivity index (χ1n) is 4.03. The highest BCUT2D eigenvalue weighted by molar-refractivity contribution is 9.10. The summed E-state index contributed by atoms with van der Waals surface area (Å²) in [7, 11) is 0. The number of hydrogen-bond donors (Lipinski definition) is 1. The maximum Gasteiger partial charge on any atom is 0.276 e. The van der Waals surface area contributed by atoms with Gasteiger partial charge in [0, 0.05) is 10.8 Å². The van der Waals surface area contributed by atoms with Crippen molar-refractivity contribution >= 4 is 38.3 Å². The van der Waals surface area contributed by atoms with Gasteiger partial charge in [-0.25, -0.2) is 0 Å². The van der Waals surface area contributed by atoms with Crippen LogP contribution < -0.4 is 5.32 Å². The van der Waals surface area contributed by atoms with Gasteiger partial charge in [-0.3, -0.25) is 4.79 Å². The zero-order chi connectivity index (χ0) is 9.71. The third-order valence-corrected chi connectivity index (χ3v) is 2.81. The van der Waals surface area contributed by atoms with Crippen LogP contribution in [0.1, 0.15) is 10.5 Å². The molecule has 1 amide bonds. The summed E-state index contributed by atoms with van der Waals surface area (Å²) >= 11 is 3.30. The van der Waals surface area contributed by atoms with Crippen molar-refractivity contribution in [3.63, 3.8) is 0 Å². The highest BCUT2D eigenvalue weighted by Gasteiger charge is 2.24. The third-order valence-electron chi connectivity index (χ3n) is 2.22. The molecule has 1 aromatic heterocycles. The van der Waals surface area contributed by atoms with Crippen molar-refractivity contribution in [2.24, 2.45) is 0 Å². The summed E-state index contributed by atoms with van der Waals surface area (Å²) in [5.74, 6) is -0.184. The summed E-state index contributed by atoms with van der Waals surface area (Å²) in [5.41, 5.74) is 1.21. The molecule has 0 bridgehead atoms. The molecule has 1 aromatic carbocycles. The van der Waals surface area contributed by atoms with Crippen molar-refractivity contribution in [1.29, 1.82) is 0 Å². The molecule has 0 atom stereocenters. The minimum Gasteiger partial charge on any atom is -0.320 e. The molecule has 0 unspecified atom stereocenters. The van der Waals surface area contributed by atoms with Crippen molar-refractivity contribution in [2.75, 3.05) is 5.32 Å². The average Bonchev–Trinajstić information content (AvgIpc) is 2.50. The molecule has 2 heterocycles. The van der Waals surface area contributed by atoms with Gasteiger partial charge >= 0.3 is 0 Å². The Morgan fingerprint density at radius 2 is 2.14 bits per heavy atom. The molecule has 0 fully saturated rings. The van der Waals surface area contributed by atoms with E-state index in [9.17, 15) is 4.79 Å². The van der Waals surface area contributed by atoms with Crippen LogP contribution in [0.4, 0.5) is 5.69 Å². The SMILES string of the molecule is O=C1Nc2cccc3c(Br)nnc1c23. The number of amides is 1. The van der Waals surface area contributed by atoms with Crippen LogP contribution in [0.25, 0.3) is 10.8 Å². The monoisotopic (exact) mass is 249 g/mol. The first-order chi connectivity index (χ1) is 6.77. The first kappa shape index (κ1) is 7.87. The van der Waals surface area contributed by atoms with Crippen LogP contribution in [0.2, 0.25) is 0 Å². The highest BCUT2D eigenvalue weighted by Crippen LogP contribution is 2.33. The Balaban J connectivity index is 2.59. The van der Waals surface area contributed by atoms with E-state index >= 15 is 0 Å². The molecule has 0 saturated heterocycles. The van der Waals surface area contributed by atoms with Gasteiger partial charge < -0.3 is 5.32 Å². The van der Waals surface area contributed by atoms with E-state index in [1.807, 2.05) is 18.2 Å². The summed E-state index contributed by atoms with van der Waals surface area (Å²) in [6, 6.07) is 5.63. The van der Waals surface area contributed by atoms with Gasteiger partial charge in [0.25, 0.3) is 5.91 Å². The predicted molar refractivity (Wildman–Crippen MR) is 55.2 cm³/mol. The Hall–Kier alpha value is -1.49. The van der Waals surface area contributed by atoms with Gasteiger partial charge in [-0.15, -0.1) is 10.2 Å². The number of benzene rings is 1. The molecule has 0 radical (unpaired) electrons. The number of halogens is 1. The van der Waals surface area contributed by atoms with Gasteiger partial charge in [0.1, 0.15) is 4.60 Å². The van der Waals surface area contributed by atoms with Crippen LogP contribution in [0, 0.1) is 0 Å². The lowest BCUT2D eigenvalue weighted by atomic mass is 10.1. The normalized spacial score (nSPS) is 13.4. The van der Waals surface area contributed by atoms with Gasteiger partial charge in [0.15, 0.2) is 5.69 Å². The number of anilines is 1. The summed E-state index contributed by atoms with van der Waals surface area (Å²) in [4.78, 5) is 11.4. The predicted octanol–water partition coefficient (Wildman–Crippen LogP) is 1.96. The smallest absolute Gasteiger partial charge is 0.276 e. The molecule has 4 nitrogen and oxygen atoms in total. The van der Waals surface area contributed by atoms with Gasteiger partial charge in [0.05, 0.1) is 5.69 Å². The molecule has 0 aliphatic carbocycles. The quantitative estimate of drug-likeness (QED) is 0.777. The van der Waals surface area contributed by atoms with E-state index in [4.69, 9.17) is 0 Å². The van der Waals surface area contributed by atoms with Gasteiger partial charge in [0.2, 0.25) is 0 Å². The molecule has 3 rings (SSSR count). The van der Waals surface area contributed by atoms with Crippen LogP contribution in [0.3, 0.4) is 0 Å². The molecule has 1 aliphatic rings. The van der Waals surface area contributed by atoms with Gasteiger partial charge in [-0.1, -0.05) is 12.1 Å². The number of carbonyl (C=O) groups excluding carboxylic acids is 1. The fourth-order valence-electron chi connectivity index (χ4n) is 1.62. The maximum absolute atomic E-state index is 11.4. The molecular weight excluding hydrogens is 246 g/mol. The molecule has 2 aromatic rings. The summed E-state index contributed by atoms with van der Waals surface area (Å²) in [6.45, 7) is 0. The standard InChI is InChI=1S/C9H4BrN3O/c10-8-4-2-1-3-5-6(4)7(12-13-8)9(14)11-5/h1-3H,(H,11,14). The lowest BCUT2D eigenvalue weighted by Gasteiger charge is -1.98. The van der Waals surface area contributed by atoms with E-state index in [2.05, 4.69) is 31.4 Å². The van der Waals surface area contributed by atoms with Crippen LogP contribution in [-0.2, 0) is 0 Å². The minimum absolute atomic E-state index is 0.184. The number of aromatic nitrogens is 2. The number of nitrogens with zero attached hydrogens (tertiary/aromatic N) is 2. The van der Waals surface area contributed by atoms with Crippen LogP contribution >= 0.6 is 15.9 Å². The fourth-order valence-corrected chi connectivity index (χ4v) is 2.03. The second kappa shape index (κ2) is 2.51. The van der Waals surface area contributed by atoms with Crippen LogP contribution in [0.5, 0.6) is 0 Å². The third kappa shape index (κ3) is 0.846. The molecule has 14 heavy (non-hydrogen) atoms. The topological polar surface area (TPSA) is 54.9 Å². The largest absolute Gasteiger partial charge is 0.320 e. The lowest BCUT2D eigenvalue weighted by Crippen LogP contribution is -2.06. The Labute approximate surface area is 87.5 Å². The lowest BCUT2D eigenvalue weighted by molar-refractivity contribution is 0.102. The molecule has 1 aliphatic heterocycles. The Morgan fingerprint density at radius 1 is 1.29 bits per heavy atom. The first-order valence-corrected chi connectivity index (χ1v) is 4.83. The number of rotatable bonds is 0. The Bertz CT molecular complexity index is 567. The van der Waals surface area contributed by atoms with Gasteiger partial charge in [-0.2, -0.15) is 0 Å². The molecular formula is C9H4BrN3O. The molecule has 5 heteroatoms. The van der Waals surface area contributed by atoms with Crippen molar-refractivity contribution in [2.45, 2.75) is 0 Å². The van der Waals surface area contributed by atoms with E-state index in [1.54, 1.807) is 0 Å². The minimum atomic E-state index is -0.184. The molecule has 1 N–H and O–H groups in total. The number of carbonyl (C=O) groups is 1. The second-order valence-electron chi connectivity index (χ2n) is 3.02. The fraction of sp³-hybridized carbons (Fsp3) is 0. The maximum atomic E-state index is 11.4. The number of hydrogen-bond acceptors (Lipinski definition) is 3. The van der Waals surface area contributed by atoms with Crippen molar-refractivity contribution < 1.29 is 4.79 Å². The Kier molecular flexibility index (Phi) is 1.41. The van der Waals surface area contributed by atoms with E-state index in [1.165, 1.54) is 0 Å². The van der Waals surface area contributed by atoms with Crippen LogP contribution in [-0.4, -0.2) is 16.1 Å². The molecule has 0 spiro atoms. The summed E-state index contributed by atoms with van der Waals surface area (Å²) in [5, 5.41) is 12.2. The van der Waals surface area contributed by atoms with E-state index < -0.39 is 0 Å². The summed E-state index contributed by atoms with van der Waals surface area (Å²) < 4.78 is 0.662. The Morgan fingerprint density at radius 3 is 3.00 bits per heavy atom. The van der Waals surface area contributed by atoms with Gasteiger partial charge in [-0.05, 0) is 22.0 Å². The second-order valence-corrected chi connectivity index (χ2v) is 3.77. The summed E-state index contributed by atoms with van der Waals surface area (Å²) in [6.07, 6.45) is 0. The zero-order valence-corrected chi connectivity index (χ0v) is 8.50. The van der Waals surface area contributed by atoms with E-state index in [0.717, 1.165) is 16.5 Å². The zero-order valence-electron chi connectivity index (χ0n) is 6.91. The molecule has 0 saturated carbocycles.